The molecule has 1 atom stereocenters. The first-order valence-corrected chi connectivity index (χ1v) is 8.35. The van der Waals surface area contributed by atoms with Crippen LogP contribution in [-0.4, -0.2) is 12.5 Å². The van der Waals surface area contributed by atoms with E-state index >= 15 is 0 Å². The zero-order valence-electron chi connectivity index (χ0n) is 13.3. The van der Waals surface area contributed by atoms with E-state index in [1.165, 1.54) is 6.08 Å². The lowest BCUT2D eigenvalue weighted by molar-refractivity contribution is -0.117. The van der Waals surface area contributed by atoms with Crippen LogP contribution in [0.25, 0.3) is 6.08 Å². The summed E-state index contributed by atoms with van der Waals surface area (Å²) in [5.74, 6) is 0.625. The summed E-state index contributed by atoms with van der Waals surface area (Å²) in [6, 6.07) is 15.6. The SMILES string of the molecule is CCOc1ccc(Br)cc1/C=C/C(=O)N[C@H](C)c1ccccc1. The number of nitrogens with one attached hydrogen (secondary N) is 1. The number of benzene rings is 2. The van der Waals surface area contributed by atoms with E-state index in [-0.39, 0.29) is 11.9 Å². The molecule has 0 radical (unpaired) electrons. The van der Waals surface area contributed by atoms with E-state index in [9.17, 15) is 4.79 Å². The van der Waals surface area contributed by atoms with Crippen molar-refractivity contribution in [3.05, 3.63) is 70.2 Å². The average molecular weight is 374 g/mol. The molecule has 0 bridgehead atoms. The molecule has 0 unspecified atom stereocenters. The molecule has 0 saturated heterocycles. The van der Waals surface area contributed by atoms with Crippen molar-refractivity contribution in [1.82, 2.24) is 5.32 Å². The molecule has 1 N–H and O–H groups in total. The molecule has 23 heavy (non-hydrogen) atoms. The molecule has 2 aromatic carbocycles. The van der Waals surface area contributed by atoms with Crippen LogP contribution in [0.1, 0.15) is 31.0 Å². The van der Waals surface area contributed by atoms with Crippen molar-refractivity contribution < 1.29 is 9.53 Å². The van der Waals surface area contributed by atoms with Gasteiger partial charge >= 0.3 is 0 Å². The standard InChI is InChI=1S/C19H20BrNO2/c1-3-23-18-11-10-17(20)13-16(18)9-12-19(22)21-14(2)15-7-5-4-6-8-15/h4-14H,3H2,1-2H3,(H,21,22)/b12-9+/t14-/m1/s1. The van der Waals surface area contributed by atoms with E-state index in [1.54, 1.807) is 6.08 Å². The van der Waals surface area contributed by atoms with Crippen LogP contribution in [0.2, 0.25) is 0 Å². The van der Waals surface area contributed by atoms with Crippen molar-refractivity contribution in [2.45, 2.75) is 19.9 Å². The fourth-order valence-corrected chi connectivity index (χ4v) is 2.57. The topological polar surface area (TPSA) is 38.3 Å². The molecule has 2 rings (SSSR count). The third kappa shape index (κ3) is 5.25. The second-order valence-corrected chi connectivity index (χ2v) is 6.01. The molecule has 3 nitrogen and oxygen atoms in total. The van der Waals surface area contributed by atoms with Gasteiger partial charge in [-0.1, -0.05) is 46.3 Å². The van der Waals surface area contributed by atoms with E-state index < -0.39 is 0 Å². The van der Waals surface area contributed by atoms with Crippen molar-refractivity contribution in [2.24, 2.45) is 0 Å². The number of carbonyl (C=O) groups is 1. The van der Waals surface area contributed by atoms with E-state index in [1.807, 2.05) is 62.4 Å². The Labute approximate surface area is 145 Å². The molecule has 0 aliphatic carbocycles. The maximum Gasteiger partial charge on any atom is 0.244 e. The van der Waals surface area contributed by atoms with Gasteiger partial charge in [-0.05, 0) is 43.7 Å². The summed E-state index contributed by atoms with van der Waals surface area (Å²) in [6.45, 7) is 4.48. The van der Waals surface area contributed by atoms with Crippen molar-refractivity contribution in [3.63, 3.8) is 0 Å². The summed E-state index contributed by atoms with van der Waals surface area (Å²) in [5, 5.41) is 2.95. The van der Waals surface area contributed by atoms with Crippen LogP contribution in [-0.2, 0) is 4.79 Å². The first kappa shape index (κ1) is 17.3. The third-order valence-electron chi connectivity index (χ3n) is 3.34. The van der Waals surface area contributed by atoms with Gasteiger partial charge in [0.15, 0.2) is 0 Å². The fourth-order valence-electron chi connectivity index (χ4n) is 2.19. The smallest absolute Gasteiger partial charge is 0.244 e. The summed E-state index contributed by atoms with van der Waals surface area (Å²) in [6.07, 6.45) is 3.30. The lowest BCUT2D eigenvalue weighted by Crippen LogP contribution is -2.24. The molecule has 0 spiro atoms. The molecule has 4 heteroatoms. The molecule has 1 amide bonds. The normalized spacial score (nSPS) is 12.1. The maximum atomic E-state index is 12.1. The van der Waals surface area contributed by atoms with E-state index in [2.05, 4.69) is 21.2 Å². The number of hydrogen-bond donors (Lipinski definition) is 1. The van der Waals surface area contributed by atoms with Crippen LogP contribution < -0.4 is 10.1 Å². The molecule has 0 saturated carbocycles. The Hall–Kier alpha value is -2.07. The Morgan fingerprint density at radius 3 is 2.70 bits per heavy atom. The van der Waals surface area contributed by atoms with Gasteiger partial charge in [0.1, 0.15) is 5.75 Å². The Kier molecular flexibility index (Phi) is 6.41. The highest BCUT2D eigenvalue weighted by Crippen LogP contribution is 2.24. The summed E-state index contributed by atoms with van der Waals surface area (Å²) < 4.78 is 6.51. The second kappa shape index (κ2) is 8.53. The third-order valence-corrected chi connectivity index (χ3v) is 3.84. The van der Waals surface area contributed by atoms with Gasteiger partial charge in [-0.2, -0.15) is 0 Å². The van der Waals surface area contributed by atoms with Gasteiger partial charge in [0, 0.05) is 16.1 Å². The van der Waals surface area contributed by atoms with Gasteiger partial charge in [0.2, 0.25) is 5.91 Å². The second-order valence-electron chi connectivity index (χ2n) is 5.09. The molecular formula is C19H20BrNO2. The van der Waals surface area contributed by atoms with Gasteiger partial charge in [-0.15, -0.1) is 0 Å². The average Bonchev–Trinajstić information content (AvgIpc) is 2.56. The van der Waals surface area contributed by atoms with Crippen LogP contribution >= 0.6 is 15.9 Å². The largest absolute Gasteiger partial charge is 0.493 e. The molecule has 0 aliphatic rings. The van der Waals surface area contributed by atoms with E-state index in [0.29, 0.717) is 6.61 Å². The Balaban J connectivity index is 2.05. The number of rotatable bonds is 6. The molecule has 0 aromatic heterocycles. The zero-order chi connectivity index (χ0) is 16.7. The number of ether oxygens (including phenoxy) is 1. The molecule has 120 valence electrons. The Morgan fingerprint density at radius 1 is 1.26 bits per heavy atom. The number of hydrogen-bond acceptors (Lipinski definition) is 2. The quantitative estimate of drug-likeness (QED) is 0.742. The Bertz CT molecular complexity index is 683. The summed E-state index contributed by atoms with van der Waals surface area (Å²) in [5.41, 5.74) is 1.94. The van der Waals surface area contributed by atoms with Crippen LogP contribution in [0.4, 0.5) is 0 Å². The predicted octanol–water partition coefficient (Wildman–Crippen LogP) is 4.74. The summed E-state index contributed by atoms with van der Waals surface area (Å²) >= 11 is 3.44. The van der Waals surface area contributed by atoms with Gasteiger partial charge in [-0.25, -0.2) is 0 Å². The lowest BCUT2D eigenvalue weighted by atomic mass is 10.1. The molecule has 2 aromatic rings. The molecule has 0 heterocycles. The highest BCUT2D eigenvalue weighted by molar-refractivity contribution is 9.10. The van der Waals surface area contributed by atoms with Gasteiger partial charge in [0.25, 0.3) is 0 Å². The highest BCUT2D eigenvalue weighted by atomic mass is 79.9. The van der Waals surface area contributed by atoms with Gasteiger partial charge in [0.05, 0.1) is 12.6 Å². The first-order valence-electron chi connectivity index (χ1n) is 7.56. The van der Waals surface area contributed by atoms with E-state index in [0.717, 1.165) is 21.3 Å². The van der Waals surface area contributed by atoms with Crippen molar-refractivity contribution in [1.29, 1.82) is 0 Å². The maximum absolute atomic E-state index is 12.1. The van der Waals surface area contributed by atoms with Crippen LogP contribution in [0.15, 0.2) is 59.1 Å². The van der Waals surface area contributed by atoms with Gasteiger partial charge < -0.3 is 10.1 Å². The molecule has 0 aliphatic heterocycles. The van der Waals surface area contributed by atoms with Crippen LogP contribution in [0.5, 0.6) is 5.75 Å². The minimum absolute atomic E-state index is 0.0396. The molecule has 0 fully saturated rings. The van der Waals surface area contributed by atoms with Gasteiger partial charge in [-0.3, -0.25) is 4.79 Å². The first-order chi connectivity index (χ1) is 11.1. The van der Waals surface area contributed by atoms with Crippen molar-refractivity contribution in [2.75, 3.05) is 6.61 Å². The highest BCUT2D eigenvalue weighted by Gasteiger charge is 2.07. The monoisotopic (exact) mass is 373 g/mol. The molecular weight excluding hydrogens is 354 g/mol. The zero-order valence-corrected chi connectivity index (χ0v) is 14.8. The van der Waals surface area contributed by atoms with Crippen LogP contribution in [0, 0.1) is 0 Å². The fraction of sp³-hybridized carbons (Fsp3) is 0.211. The predicted molar refractivity (Wildman–Crippen MR) is 97.3 cm³/mol. The number of halogens is 1. The summed E-state index contributed by atoms with van der Waals surface area (Å²) in [4.78, 5) is 12.1. The van der Waals surface area contributed by atoms with Crippen LogP contribution in [0.3, 0.4) is 0 Å². The minimum Gasteiger partial charge on any atom is -0.493 e. The van der Waals surface area contributed by atoms with Crippen molar-refractivity contribution in [3.8, 4) is 5.75 Å². The number of amides is 1. The van der Waals surface area contributed by atoms with E-state index in [4.69, 9.17) is 4.74 Å². The Morgan fingerprint density at radius 2 is 2.00 bits per heavy atom. The summed E-state index contributed by atoms with van der Waals surface area (Å²) in [7, 11) is 0. The minimum atomic E-state index is -0.135. The van der Waals surface area contributed by atoms with Crippen molar-refractivity contribution >= 4 is 27.9 Å². The lowest BCUT2D eigenvalue weighted by Gasteiger charge is -2.12. The number of carbonyl (C=O) groups excluding carboxylic acids is 1.